The highest BCUT2D eigenvalue weighted by atomic mass is 16.5. The van der Waals surface area contributed by atoms with Gasteiger partial charge in [-0.1, -0.05) is 48.5 Å². The number of hydrogen-bond donors (Lipinski definition) is 0. The molecule has 35 heavy (non-hydrogen) atoms. The van der Waals surface area contributed by atoms with Crippen LogP contribution in [0.3, 0.4) is 0 Å². The lowest BCUT2D eigenvalue weighted by Gasteiger charge is -2.19. The third-order valence-electron chi connectivity index (χ3n) is 6.39. The van der Waals surface area contributed by atoms with Crippen molar-refractivity contribution in [1.82, 2.24) is 0 Å². The summed E-state index contributed by atoms with van der Waals surface area (Å²) in [6.07, 6.45) is 0. The third-order valence-corrected chi connectivity index (χ3v) is 6.39. The van der Waals surface area contributed by atoms with Gasteiger partial charge < -0.3 is 18.9 Å². The molecule has 0 aliphatic carbocycles. The summed E-state index contributed by atoms with van der Waals surface area (Å²) in [6.45, 7) is 0.692. The Hall–Kier alpha value is -4.25. The number of pyridine rings is 1. The number of fused-ring (bicyclic) bond motifs is 2. The van der Waals surface area contributed by atoms with Gasteiger partial charge in [0.2, 0.25) is 11.0 Å². The highest BCUT2D eigenvalue weighted by molar-refractivity contribution is 6.13. The van der Waals surface area contributed by atoms with E-state index >= 15 is 0 Å². The zero-order valence-corrected chi connectivity index (χ0v) is 20.4. The zero-order valence-electron chi connectivity index (χ0n) is 20.4. The van der Waals surface area contributed by atoms with E-state index in [1.165, 1.54) is 5.56 Å². The van der Waals surface area contributed by atoms with Crippen LogP contribution in [0.1, 0.15) is 5.56 Å². The molecule has 0 atom stereocenters. The van der Waals surface area contributed by atoms with Crippen molar-refractivity contribution >= 4 is 21.8 Å². The Kier molecular flexibility index (Phi) is 6.15. The molecule has 0 unspecified atom stereocenters. The molecule has 0 amide bonds. The van der Waals surface area contributed by atoms with E-state index in [9.17, 15) is 0 Å². The molecule has 4 aromatic carbocycles. The minimum atomic E-state index is 0.692. The Bertz CT molecular complexity index is 1430. The highest BCUT2D eigenvalue weighted by Gasteiger charge is 2.29. The quantitative estimate of drug-likeness (QED) is 0.217. The van der Waals surface area contributed by atoms with Crippen molar-refractivity contribution in [1.29, 1.82) is 0 Å². The SMILES string of the molecule is COc1cccc(OC)c1-c1c2c(OC)cccc2[n+](Cc2ccccc2)c2cccc(OC)c12. The minimum absolute atomic E-state index is 0.692. The summed E-state index contributed by atoms with van der Waals surface area (Å²) in [7, 11) is 6.75. The van der Waals surface area contributed by atoms with Gasteiger partial charge in [0.05, 0.1) is 44.8 Å². The average molecular weight is 467 g/mol. The van der Waals surface area contributed by atoms with Crippen LogP contribution in [-0.4, -0.2) is 28.4 Å². The molecule has 0 spiro atoms. The van der Waals surface area contributed by atoms with E-state index < -0.39 is 0 Å². The van der Waals surface area contributed by atoms with E-state index in [1.807, 2.05) is 48.5 Å². The van der Waals surface area contributed by atoms with E-state index in [1.54, 1.807) is 28.4 Å². The average Bonchev–Trinajstić information content (AvgIpc) is 2.92. The predicted molar refractivity (Wildman–Crippen MR) is 139 cm³/mol. The van der Waals surface area contributed by atoms with Crippen LogP contribution in [0.4, 0.5) is 0 Å². The van der Waals surface area contributed by atoms with Crippen LogP contribution in [0, 0.1) is 0 Å². The van der Waals surface area contributed by atoms with Crippen LogP contribution in [0.2, 0.25) is 0 Å². The maximum atomic E-state index is 5.93. The van der Waals surface area contributed by atoms with Gasteiger partial charge in [0.15, 0.2) is 6.54 Å². The minimum Gasteiger partial charge on any atom is -0.496 e. The molecule has 1 heterocycles. The summed E-state index contributed by atoms with van der Waals surface area (Å²) >= 11 is 0. The predicted octanol–water partition coefficient (Wildman–Crippen LogP) is 6.03. The van der Waals surface area contributed by atoms with Crippen molar-refractivity contribution in [3.05, 3.63) is 90.5 Å². The lowest BCUT2D eigenvalue weighted by atomic mass is 9.93. The van der Waals surface area contributed by atoms with Crippen molar-refractivity contribution < 1.29 is 23.5 Å². The second kappa shape index (κ2) is 9.55. The van der Waals surface area contributed by atoms with Gasteiger partial charge in [-0.2, -0.15) is 4.57 Å². The number of rotatable bonds is 7. The molecule has 176 valence electrons. The normalized spacial score (nSPS) is 11.0. The molecule has 0 aliphatic heterocycles. The smallest absolute Gasteiger partial charge is 0.217 e. The molecule has 5 rings (SSSR count). The zero-order chi connectivity index (χ0) is 24.4. The van der Waals surface area contributed by atoms with Crippen LogP contribution in [0.25, 0.3) is 32.9 Å². The van der Waals surface area contributed by atoms with E-state index in [2.05, 4.69) is 41.0 Å². The first-order valence-electron chi connectivity index (χ1n) is 11.5. The number of benzene rings is 4. The molecule has 0 saturated carbocycles. The summed E-state index contributed by atoms with van der Waals surface area (Å²) in [6, 6.07) is 28.6. The van der Waals surface area contributed by atoms with Gasteiger partial charge in [-0.05, 0) is 24.3 Å². The molecular weight excluding hydrogens is 438 g/mol. The number of hydrogen-bond acceptors (Lipinski definition) is 4. The van der Waals surface area contributed by atoms with Crippen LogP contribution in [0.5, 0.6) is 23.0 Å². The van der Waals surface area contributed by atoms with Crippen LogP contribution in [-0.2, 0) is 6.54 Å². The van der Waals surface area contributed by atoms with Gasteiger partial charge in [0, 0.05) is 23.3 Å². The summed E-state index contributed by atoms with van der Waals surface area (Å²) < 4.78 is 25.9. The Morgan fingerprint density at radius 1 is 0.486 bits per heavy atom. The van der Waals surface area contributed by atoms with Crippen LogP contribution in [0.15, 0.2) is 84.9 Å². The Morgan fingerprint density at radius 2 is 0.943 bits per heavy atom. The lowest BCUT2D eigenvalue weighted by Crippen LogP contribution is -2.36. The number of aromatic nitrogens is 1. The third kappa shape index (κ3) is 3.79. The van der Waals surface area contributed by atoms with Crippen molar-refractivity contribution in [3.63, 3.8) is 0 Å². The molecule has 0 saturated heterocycles. The van der Waals surface area contributed by atoms with Gasteiger partial charge in [-0.25, -0.2) is 0 Å². The molecule has 0 N–H and O–H groups in total. The van der Waals surface area contributed by atoms with Gasteiger partial charge in [0.1, 0.15) is 23.0 Å². The highest BCUT2D eigenvalue weighted by Crippen LogP contribution is 2.48. The largest absolute Gasteiger partial charge is 0.496 e. The monoisotopic (exact) mass is 466 g/mol. The Balaban J connectivity index is 2.03. The van der Waals surface area contributed by atoms with Crippen molar-refractivity contribution in [2.24, 2.45) is 0 Å². The van der Waals surface area contributed by atoms with Crippen LogP contribution >= 0.6 is 0 Å². The van der Waals surface area contributed by atoms with Gasteiger partial charge >= 0.3 is 0 Å². The number of methoxy groups -OCH3 is 4. The number of nitrogens with zero attached hydrogens (tertiary/aromatic N) is 1. The summed E-state index contributed by atoms with van der Waals surface area (Å²) in [5, 5.41) is 1.93. The molecular formula is C30H28NO4+. The van der Waals surface area contributed by atoms with Gasteiger partial charge in [-0.15, -0.1) is 0 Å². The summed E-state index contributed by atoms with van der Waals surface area (Å²) in [5.74, 6) is 2.95. The number of ether oxygens (including phenoxy) is 4. The fraction of sp³-hybridized carbons (Fsp3) is 0.167. The van der Waals surface area contributed by atoms with Crippen molar-refractivity contribution in [3.8, 4) is 34.1 Å². The summed E-state index contributed by atoms with van der Waals surface area (Å²) in [4.78, 5) is 0. The van der Waals surface area contributed by atoms with E-state index in [0.717, 1.165) is 44.4 Å². The van der Waals surface area contributed by atoms with E-state index in [-0.39, 0.29) is 0 Å². The molecule has 0 aliphatic rings. The molecule has 5 nitrogen and oxygen atoms in total. The van der Waals surface area contributed by atoms with Crippen molar-refractivity contribution in [2.75, 3.05) is 28.4 Å². The second-order valence-corrected chi connectivity index (χ2v) is 8.19. The molecule has 5 aromatic rings. The van der Waals surface area contributed by atoms with Crippen molar-refractivity contribution in [2.45, 2.75) is 6.54 Å². The molecule has 1 aromatic heterocycles. The summed E-state index contributed by atoms with van der Waals surface area (Å²) in [5.41, 5.74) is 5.08. The standard InChI is InChI=1S/C30H28NO4/c1-32-23-15-8-13-21-27(23)30(29-25(34-3)17-10-18-26(29)35-4)28-22(14-9-16-24(28)33-2)31(21)19-20-11-6-5-7-12-20/h5-18H,19H2,1-4H3/q+1. The second-order valence-electron chi connectivity index (χ2n) is 8.19. The Morgan fingerprint density at radius 3 is 1.43 bits per heavy atom. The van der Waals surface area contributed by atoms with E-state index in [0.29, 0.717) is 18.0 Å². The molecule has 0 bridgehead atoms. The van der Waals surface area contributed by atoms with Gasteiger partial charge in [0.25, 0.3) is 0 Å². The van der Waals surface area contributed by atoms with Gasteiger partial charge in [-0.3, -0.25) is 0 Å². The molecule has 0 fully saturated rings. The van der Waals surface area contributed by atoms with E-state index in [4.69, 9.17) is 18.9 Å². The Labute approximate surface area is 205 Å². The first-order chi connectivity index (χ1) is 17.2. The maximum Gasteiger partial charge on any atom is 0.217 e. The fourth-order valence-corrected chi connectivity index (χ4v) is 4.87. The van der Waals surface area contributed by atoms with Crippen LogP contribution < -0.4 is 23.5 Å². The fourth-order valence-electron chi connectivity index (χ4n) is 4.87. The molecule has 0 radical (unpaired) electrons. The first-order valence-corrected chi connectivity index (χ1v) is 11.5. The lowest BCUT2D eigenvalue weighted by molar-refractivity contribution is -0.635. The first kappa shape index (κ1) is 22.5. The maximum absolute atomic E-state index is 5.93. The molecule has 5 heteroatoms. The topological polar surface area (TPSA) is 40.8 Å².